The Hall–Kier alpha value is -2.65. The lowest BCUT2D eigenvalue weighted by Crippen LogP contribution is -2.60. The number of carbonyl (C=O) groups excluding carboxylic acids is 5. The van der Waals surface area contributed by atoms with Crippen LogP contribution in [0.1, 0.15) is 113 Å². The molecule has 1 saturated heterocycles. The molecule has 3 fully saturated rings. The molecule has 0 bridgehead atoms. The standard InChI is InChI=1S/C28H47N5O5/c1-26(2,3)13-18(31-25(38)32-27(4,5)6)24(37)33-14-16-19(28(16,7)8)20(33)23(36)30-17(21(34)22(29)35)12-15-10-9-11-15/h15-20H,9-14H2,1-8H3,(H2,29,35)(H,30,36)(H2,31,32,38)/t16-,17?,18-,19-,20-/m0/s1/i1D3,2D3,3D3,4D3,5D3,6D3,17D. The third-order valence-electron chi connectivity index (χ3n) is 7.66. The van der Waals surface area contributed by atoms with E-state index in [0.29, 0.717) is 17.7 Å². The fourth-order valence-corrected chi connectivity index (χ4v) is 5.44. The molecule has 5 N–H and O–H groups in total. The van der Waals surface area contributed by atoms with Crippen LogP contribution in [0.5, 0.6) is 0 Å². The van der Waals surface area contributed by atoms with E-state index in [-0.39, 0.29) is 12.3 Å². The zero-order valence-corrected chi connectivity index (χ0v) is 21.2. The van der Waals surface area contributed by atoms with Crippen molar-refractivity contribution in [3.8, 4) is 0 Å². The Morgan fingerprint density at radius 2 is 1.74 bits per heavy atom. The Morgan fingerprint density at radius 1 is 1.08 bits per heavy atom. The van der Waals surface area contributed by atoms with E-state index in [4.69, 9.17) is 31.8 Å². The quantitative estimate of drug-likeness (QED) is 0.323. The number of likely N-dealkylation sites (tertiary alicyclic amines) is 1. The van der Waals surface area contributed by atoms with Gasteiger partial charge in [0.2, 0.25) is 17.6 Å². The number of nitrogens with one attached hydrogen (secondary N) is 3. The minimum atomic E-state index is -4.08. The Kier molecular flexibility index (Phi) is 3.63. The molecule has 214 valence electrons. The van der Waals surface area contributed by atoms with Crippen LogP contribution in [0.2, 0.25) is 0 Å². The van der Waals surface area contributed by atoms with E-state index in [2.05, 4.69) is 5.32 Å². The van der Waals surface area contributed by atoms with Gasteiger partial charge in [-0.15, -0.1) is 0 Å². The predicted molar refractivity (Wildman–Crippen MR) is 144 cm³/mol. The number of fused-ring (bicyclic) bond motifs is 1. The highest BCUT2D eigenvalue weighted by molar-refractivity contribution is 6.37. The maximum atomic E-state index is 14.7. The Morgan fingerprint density at radius 3 is 2.26 bits per heavy atom. The van der Waals surface area contributed by atoms with Crippen molar-refractivity contribution in [3.63, 3.8) is 0 Å². The molecule has 3 aliphatic rings. The summed E-state index contributed by atoms with van der Waals surface area (Å²) < 4.78 is 152. The van der Waals surface area contributed by atoms with Crippen molar-refractivity contribution < 1.29 is 50.0 Å². The zero-order chi connectivity index (χ0) is 44.7. The first-order valence-electron chi connectivity index (χ1n) is 21.7. The van der Waals surface area contributed by atoms with Crippen LogP contribution in [0.4, 0.5) is 4.79 Å². The zero-order valence-electron chi connectivity index (χ0n) is 40.2. The van der Waals surface area contributed by atoms with E-state index in [1.54, 1.807) is 19.2 Å². The van der Waals surface area contributed by atoms with Crippen molar-refractivity contribution in [1.29, 1.82) is 0 Å². The van der Waals surface area contributed by atoms with Crippen molar-refractivity contribution in [2.45, 2.75) is 111 Å². The highest BCUT2D eigenvalue weighted by atomic mass is 16.2. The van der Waals surface area contributed by atoms with Crippen LogP contribution in [0.15, 0.2) is 0 Å². The van der Waals surface area contributed by atoms with Gasteiger partial charge in [0.1, 0.15) is 12.1 Å². The largest absolute Gasteiger partial charge is 0.363 e. The van der Waals surface area contributed by atoms with Crippen LogP contribution in [0.25, 0.3) is 0 Å². The second-order valence-electron chi connectivity index (χ2n) is 11.1. The van der Waals surface area contributed by atoms with E-state index in [1.165, 1.54) is 5.32 Å². The first-order valence-corrected chi connectivity index (χ1v) is 12.2. The summed E-state index contributed by atoms with van der Waals surface area (Å²) in [5.41, 5.74) is -3.48. The number of carbonyl (C=O) groups is 5. The van der Waals surface area contributed by atoms with Crippen LogP contribution < -0.4 is 21.7 Å². The molecule has 3 rings (SSSR count). The third-order valence-corrected chi connectivity index (χ3v) is 7.66. The summed E-state index contributed by atoms with van der Waals surface area (Å²) >= 11 is 0. The van der Waals surface area contributed by atoms with Crippen molar-refractivity contribution in [3.05, 3.63) is 0 Å². The van der Waals surface area contributed by atoms with Gasteiger partial charge < -0.3 is 26.6 Å². The van der Waals surface area contributed by atoms with Gasteiger partial charge in [-0.1, -0.05) is 53.7 Å². The number of hydrogen-bond donors (Lipinski definition) is 4. The third kappa shape index (κ3) is 6.86. The molecule has 0 radical (unpaired) electrons. The van der Waals surface area contributed by atoms with Crippen molar-refractivity contribution in [2.24, 2.45) is 34.3 Å². The van der Waals surface area contributed by atoms with E-state index in [0.717, 1.165) is 6.42 Å². The summed E-state index contributed by atoms with van der Waals surface area (Å²) in [6.45, 7) is -21.1. The van der Waals surface area contributed by atoms with Gasteiger partial charge in [0.05, 0.1) is 7.39 Å². The van der Waals surface area contributed by atoms with Gasteiger partial charge in [-0.2, -0.15) is 0 Å². The molecule has 1 aliphatic heterocycles. The number of urea groups is 1. The second-order valence-corrected chi connectivity index (χ2v) is 11.1. The van der Waals surface area contributed by atoms with Crippen molar-refractivity contribution in [1.82, 2.24) is 20.9 Å². The number of nitrogens with two attached hydrogens (primary N) is 1. The molecule has 1 heterocycles. The summed E-state index contributed by atoms with van der Waals surface area (Å²) in [7, 11) is 0. The topological polar surface area (TPSA) is 151 Å². The molecule has 5 amide bonds. The van der Waals surface area contributed by atoms with E-state index in [1.807, 2.05) is 0 Å². The molecule has 0 aromatic heterocycles. The Balaban J connectivity index is 2.23. The number of Topliss-reactive ketones (excluding diaryl/α,β-unsaturated/α-hetero) is 1. The fraction of sp³-hybridized carbons (Fsp3) is 0.821. The molecular weight excluding hydrogens is 486 g/mol. The number of amides is 5. The molecule has 0 spiro atoms. The lowest BCUT2D eigenvalue weighted by molar-refractivity contribution is -0.144. The molecule has 5 atom stereocenters. The highest BCUT2D eigenvalue weighted by Crippen LogP contribution is 2.65. The molecule has 2 aliphatic carbocycles. The maximum Gasteiger partial charge on any atom is 0.315 e. The number of ketones is 1. The van der Waals surface area contributed by atoms with Crippen molar-refractivity contribution in [2.75, 3.05) is 6.54 Å². The average molecular weight is 553 g/mol. The lowest BCUT2D eigenvalue weighted by atomic mass is 9.80. The summed E-state index contributed by atoms with van der Waals surface area (Å²) in [6.07, 6.45) is -0.331. The Bertz CT molecular complexity index is 1540. The normalized spacial score (nSPS) is 36.1. The van der Waals surface area contributed by atoms with Gasteiger partial charge in [0, 0.05) is 36.8 Å². The first-order chi connectivity index (χ1) is 25.2. The number of primary amides is 1. The van der Waals surface area contributed by atoms with Crippen LogP contribution in [-0.4, -0.2) is 64.6 Å². The average Bonchev–Trinajstić information content (AvgIpc) is 3.26. The molecular formula is C28H47N5O5. The first kappa shape index (κ1) is 13.1. The molecule has 1 unspecified atom stereocenters. The number of nitrogens with zero attached hydrogens (tertiary/aromatic N) is 1. The minimum absolute atomic E-state index is 0.274. The Labute approximate surface area is 253 Å². The minimum Gasteiger partial charge on any atom is -0.363 e. The monoisotopic (exact) mass is 552 g/mol. The maximum absolute atomic E-state index is 14.7. The molecule has 10 nitrogen and oxygen atoms in total. The van der Waals surface area contributed by atoms with E-state index in [9.17, 15) is 24.0 Å². The van der Waals surface area contributed by atoms with Gasteiger partial charge in [-0.25, -0.2) is 4.79 Å². The van der Waals surface area contributed by atoms with E-state index >= 15 is 0 Å². The van der Waals surface area contributed by atoms with E-state index < -0.39 is 130 Å². The predicted octanol–water partition coefficient (Wildman–Crippen LogP) is 2.10. The van der Waals surface area contributed by atoms with Crippen LogP contribution >= 0.6 is 0 Å². The summed E-state index contributed by atoms with van der Waals surface area (Å²) in [5, 5.41) is 5.31. The smallest absolute Gasteiger partial charge is 0.315 e. The van der Waals surface area contributed by atoms with Gasteiger partial charge in [0.25, 0.3) is 5.91 Å². The van der Waals surface area contributed by atoms with Crippen LogP contribution in [0.3, 0.4) is 0 Å². The van der Waals surface area contributed by atoms with Gasteiger partial charge >= 0.3 is 6.03 Å². The summed E-state index contributed by atoms with van der Waals surface area (Å²) in [6, 6.07) is -9.09. The fourth-order valence-electron chi connectivity index (χ4n) is 5.44. The highest BCUT2D eigenvalue weighted by Gasteiger charge is 2.69. The molecule has 0 aromatic rings. The van der Waals surface area contributed by atoms with Crippen LogP contribution in [-0.2, 0) is 19.2 Å². The second kappa shape index (κ2) is 10.5. The molecule has 10 heteroatoms. The van der Waals surface area contributed by atoms with Gasteiger partial charge in [-0.05, 0) is 62.0 Å². The van der Waals surface area contributed by atoms with Crippen molar-refractivity contribution >= 4 is 29.5 Å². The van der Waals surface area contributed by atoms with Gasteiger partial charge in [-0.3, -0.25) is 19.2 Å². The number of piperidine rings is 1. The number of hydrogen-bond acceptors (Lipinski definition) is 5. The summed E-state index contributed by atoms with van der Waals surface area (Å²) in [4.78, 5) is 68.1. The number of rotatable bonds is 9. The van der Waals surface area contributed by atoms with Crippen LogP contribution in [0, 0.1) is 28.6 Å². The summed E-state index contributed by atoms with van der Waals surface area (Å²) in [5.74, 6) is -7.41. The SMILES string of the molecule is [2H]C(CC1CCC1)(NC(=O)[C@@H]1[C@@H]2[C@H](CN1C(=O)[C@H](CC(C([2H])([2H])[2H])(C([2H])([2H])[2H])C([2H])([2H])[2H])NC(=O)NC(C([2H])([2H])[2H])(C([2H])([2H])[2H])C([2H])([2H])[2H])C2(C)C)C(=O)C(N)=O. The molecule has 0 aromatic carbocycles. The lowest BCUT2D eigenvalue weighted by Gasteiger charge is -2.36. The van der Waals surface area contributed by atoms with Gasteiger partial charge in [0.15, 0.2) is 0 Å². The molecule has 2 saturated carbocycles. The molecule has 38 heavy (non-hydrogen) atoms.